The van der Waals surface area contributed by atoms with E-state index < -0.39 is 75.6 Å². The van der Waals surface area contributed by atoms with Crippen molar-refractivity contribution in [2.45, 2.75) is 71.2 Å². The van der Waals surface area contributed by atoms with E-state index in [0.717, 1.165) is 23.2 Å². The topological polar surface area (TPSA) is 382 Å². The molecule has 0 aromatic carbocycles. The van der Waals surface area contributed by atoms with E-state index in [9.17, 15) is 53.1 Å². The van der Waals surface area contributed by atoms with Crippen LogP contribution in [0.15, 0.2) is 62.7 Å². The third-order valence-corrected chi connectivity index (χ3v) is 8.50. The number of rotatable bonds is 16. The second-order valence-electron chi connectivity index (χ2n) is 13.6. The van der Waals surface area contributed by atoms with Crippen LogP contribution >= 0.6 is 0 Å². The van der Waals surface area contributed by atoms with Crippen molar-refractivity contribution < 1.29 is 33.5 Å². The van der Waals surface area contributed by atoms with Gasteiger partial charge in [0.05, 0.1) is 31.2 Å². The molecular weight excluding hydrogens is 798 g/mol. The van der Waals surface area contributed by atoms with Crippen LogP contribution in [0.3, 0.4) is 0 Å². The van der Waals surface area contributed by atoms with E-state index in [1.54, 1.807) is 0 Å². The highest BCUT2D eigenvalue weighted by atomic mass is 16.5. The van der Waals surface area contributed by atoms with Gasteiger partial charge in [0, 0.05) is 0 Å². The normalized spacial score (nSPS) is 12.2. The molecule has 0 aliphatic heterocycles. The molecule has 0 spiro atoms. The van der Waals surface area contributed by atoms with Crippen LogP contribution in [0, 0.1) is 14.7 Å². The second kappa shape index (κ2) is 18.0. The predicted octanol–water partition coefficient (Wildman–Crippen LogP) is 0.0205. The van der Waals surface area contributed by atoms with Gasteiger partial charge in [-0.25, -0.2) is 29.3 Å². The molecular formula is C33H33N15O12. The summed E-state index contributed by atoms with van der Waals surface area (Å²) in [5.74, 6) is -4.76. The largest absolute Gasteiger partial charge is 0.469 e. The molecule has 0 bridgehead atoms. The molecule has 6 rings (SSSR count). The maximum Gasteiger partial charge on any atom is 0.261 e. The molecule has 0 amide bonds. The van der Waals surface area contributed by atoms with Crippen molar-refractivity contribution in [3.05, 3.63) is 73.0 Å². The number of ether oxygens (including phenoxy) is 1. The number of H-pyrrole nitrogens is 3. The second-order valence-corrected chi connectivity index (χ2v) is 13.6. The number of aromatic amines is 3. The summed E-state index contributed by atoms with van der Waals surface area (Å²) in [6.45, 7) is 5.99. The first-order valence-electron chi connectivity index (χ1n) is 17.0. The zero-order valence-corrected chi connectivity index (χ0v) is 32.4. The van der Waals surface area contributed by atoms with E-state index in [1.165, 1.54) is 65.3 Å². The quantitative estimate of drug-likeness (QED) is 0.0657. The highest BCUT2D eigenvalue weighted by molar-refractivity contribution is 6.41. The molecule has 0 saturated carbocycles. The molecule has 0 saturated heterocycles. The third kappa shape index (κ3) is 9.52. The Balaban J connectivity index is 0.000000198. The Hall–Kier alpha value is -8.13. The predicted molar refractivity (Wildman–Crippen MR) is 203 cm³/mol. The van der Waals surface area contributed by atoms with Crippen LogP contribution in [0.1, 0.15) is 41.5 Å². The monoisotopic (exact) mass is 831 g/mol. The molecule has 0 aliphatic rings. The van der Waals surface area contributed by atoms with Gasteiger partial charge in [-0.2, -0.15) is 15.3 Å². The summed E-state index contributed by atoms with van der Waals surface area (Å²) in [6.07, 6.45) is 7.53. The lowest BCUT2D eigenvalue weighted by atomic mass is 9.93. The first kappa shape index (κ1) is 44.6. The number of nitrogens with one attached hydrogen (secondary N) is 3. The van der Waals surface area contributed by atoms with Crippen LogP contribution in [-0.4, -0.2) is 118 Å². The van der Waals surface area contributed by atoms with Gasteiger partial charge in [0.2, 0.25) is 34.6 Å². The number of nitrogens with zero attached hydrogens (tertiary/aromatic N) is 12. The van der Waals surface area contributed by atoms with Gasteiger partial charge in [0.25, 0.3) is 11.1 Å². The third-order valence-electron chi connectivity index (χ3n) is 8.50. The molecule has 0 aliphatic carbocycles. The fraction of sp³-hybridized carbons (Fsp3) is 0.364. The molecule has 312 valence electrons. The first-order chi connectivity index (χ1) is 28.2. The number of aromatic nitrogens is 12. The minimum Gasteiger partial charge on any atom is -0.469 e. The van der Waals surface area contributed by atoms with E-state index in [0.29, 0.717) is 11.0 Å². The van der Waals surface area contributed by atoms with Crippen LogP contribution in [0.25, 0.3) is 33.1 Å². The molecule has 1 unspecified atom stereocenters. The number of hydrogen-bond acceptors (Lipinski definition) is 22. The Morgan fingerprint density at radius 1 is 0.683 bits per heavy atom. The smallest absolute Gasteiger partial charge is 0.261 e. The van der Waals surface area contributed by atoms with Gasteiger partial charge < -0.3 is 14.7 Å². The maximum atomic E-state index is 12.0. The van der Waals surface area contributed by atoms with Crippen LogP contribution in [0.5, 0.6) is 5.88 Å². The van der Waals surface area contributed by atoms with Gasteiger partial charge in [-0.3, -0.25) is 43.5 Å². The van der Waals surface area contributed by atoms with E-state index in [4.69, 9.17) is 4.74 Å². The molecule has 1 atom stereocenters. The summed E-state index contributed by atoms with van der Waals surface area (Å²) < 4.78 is 7.46. The lowest BCUT2D eigenvalue weighted by molar-refractivity contribution is -0.140. The van der Waals surface area contributed by atoms with Crippen LogP contribution in [0.2, 0.25) is 0 Å². The van der Waals surface area contributed by atoms with Gasteiger partial charge in [-0.1, -0.05) is 10.4 Å². The standard InChI is InChI=1S/3C11H11N5O4/c1-11(2,15-20)8(18)7(17)4-16-9-6(3-14-16)10(19)13-5-12-9;1-11(2,16-19)8(18)7(17)4-20-10-6-3-14-15-9(6)12-5-13-10;1-6(17)11(2,15-20)8(18)4-16-9-7(3-14-16)10(19)13-5-12-9/h3,5H,4H2,1-2H3,(H,12,13,19);3,5H,4H2,1-2H3,(H,12,13,14,15);3,5H,4H2,1-2H3,(H,12,13,19). The van der Waals surface area contributed by atoms with Crippen LogP contribution in [0.4, 0.5) is 0 Å². The van der Waals surface area contributed by atoms with Crippen molar-refractivity contribution in [3.63, 3.8) is 0 Å². The van der Waals surface area contributed by atoms with Crippen molar-refractivity contribution in [2.75, 3.05) is 6.61 Å². The average molecular weight is 832 g/mol. The number of nitroso groups, excluding NO2 is 3. The number of ketones is 6. The molecule has 0 radical (unpaired) electrons. The van der Waals surface area contributed by atoms with Gasteiger partial charge in [-0.05, 0) is 46.7 Å². The molecule has 27 nitrogen and oxygen atoms in total. The summed E-state index contributed by atoms with van der Waals surface area (Å²) in [5.41, 5.74) is -5.14. The van der Waals surface area contributed by atoms with E-state index in [-0.39, 0.29) is 34.5 Å². The van der Waals surface area contributed by atoms with Crippen molar-refractivity contribution in [3.8, 4) is 5.88 Å². The average Bonchev–Trinajstić information content (AvgIpc) is 3.99. The number of Topliss-reactive ketones (excluding diaryl/α,β-unsaturated/α-hetero) is 6. The zero-order chi connectivity index (χ0) is 44.6. The maximum absolute atomic E-state index is 12.0. The minimum atomic E-state index is -1.96. The Bertz CT molecular complexity index is 2800. The molecule has 60 heavy (non-hydrogen) atoms. The molecule has 6 aromatic heterocycles. The van der Waals surface area contributed by atoms with E-state index in [2.05, 4.69) is 65.8 Å². The summed E-state index contributed by atoms with van der Waals surface area (Å²) >= 11 is 0. The van der Waals surface area contributed by atoms with Crippen molar-refractivity contribution in [2.24, 2.45) is 15.5 Å². The summed E-state index contributed by atoms with van der Waals surface area (Å²) in [5, 5.41) is 22.9. The lowest BCUT2D eigenvalue weighted by Gasteiger charge is -2.16. The summed E-state index contributed by atoms with van der Waals surface area (Å²) in [4.78, 5) is 145. The Kier molecular flexibility index (Phi) is 13.4. The minimum absolute atomic E-state index is 0.127. The lowest BCUT2D eigenvalue weighted by Crippen LogP contribution is -2.42. The van der Waals surface area contributed by atoms with Crippen LogP contribution < -0.4 is 15.9 Å². The van der Waals surface area contributed by atoms with Crippen LogP contribution in [-0.2, 0) is 41.9 Å². The Labute approximate surface area is 333 Å². The van der Waals surface area contributed by atoms with Crippen molar-refractivity contribution in [1.29, 1.82) is 0 Å². The molecule has 6 aromatic rings. The van der Waals surface area contributed by atoms with Crippen molar-refractivity contribution in [1.82, 2.24) is 59.7 Å². The number of carbonyl (C=O) groups excluding carboxylic acids is 6. The Morgan fingerprint density at radius 2 is 1.20 bits per heavy atom. The van der Waals surface area contributed by atoms with Gasteiger partial charge >= 0.3 is 0 Å². The van der Waals surface area contributed by atoms with Crippen molar-refractivity contribution >= 4 is 67.8 Å². The fourth-order valence-electron chi connectivity index (χ4n) is 4.67. The molecule has 27 heteroatoms. The summed E-state index contributed by atoms with van der Waals surface area (Å²) in [6, 6.07) is 0. The first-order valence-corrected chi connectivity index (χ1v) is 17.0. The highest BCUT2D eigenvalue weighted by Crippen LogP contribution is 2.19. The molecule has 3 N–H and O–H groups in total. The van der Waals surface area contributed by atoms with E-state index >= 15 is 0 Å². The molecule has 6 heterocycles. The van der Waals surface area contributed by atoms with Gasteiger partial charge in [0.1, 0.15) is 35.6 Å². The highest BCUT2D eigenvalue weighted by Gasteiger charge is 2.40. The van der Waals surface area contributed by atoms with Gasteiger partial charge in [0.15, 0.2) is 46.2 Å². The zero-order valence-electron chi connectivity index (χ0n) is 32.4. The fourth-order valence-corrected chi connectivity index (χ4v) is 4.67. The number of carbonyl (C=O) groups is 6. The number of fused-ring (bicyclic) bond motifs is 3. The van der Waals surface area contributed by atoms with E-state index in [1.807, 2.05) is 0 Å². The summed E-state index contributed by atoms with van der Waals surface area (Å²) in [7, 11) is 0. The molecule has 0 fully saturated rings. The Morgan fingerprint density at radius 3 is 1.70 bits per heavy atom. The number of hydrogen-bond donors (Lipinski definition) is 3. The SMILES string of the molecule is CC(=O)C(C)(N=O)C(=O)Cn1ncc2c(=O)[nH]cnc21.CC(C)(N=O)C(=O)C(=O)COc1ncnc2[nH]ncc12.CC(C)(N=O)C(=O)C(=O)Cn1ncc2c(=O)[nH]cnc21. The van der Waals surface area contributed by atoms with Gasteiger partial charge in [-0.15, -0.1) is 14.7 Å².